The average molecular weight is 419 g/mol. The Bertz CT molecular complexity index is 970. The number of hydrogen-bond donors (Lipinski definition) is 2. The van der Waals surface area contributed by atoms with Crippen molar-refractivity contribution < 1.29 is 19.0 Å². The number of aromatic nitrogens is 1. The maximum Gasteiger partial charge on any atom is 0.412 e. The number of thiophene rings is 1. The van der Waals surface area contributed by atoms with Gasteiger partial charge in [0.1, 0.15) is 22.2 Å². The van der Waals surface area contributed by atoms with E-state index < -0.39 is 6.09 Å². The third-order valence-corrected chi connectivity index (χ3v) is 5.34. The number of nitrogens with one attached hydrogen (secondary N) is 2. The number of hydrogen-bond acceptors (Lipinski definition) is 9. The quantitative estimate of drug-likeness (QED) is 0.433. The second-order valence-electron chi connectivity index (χ2n) is 5.27. The summed E-state index contributed by atoms with van der Waals surface area (Å²) in [4.78, 5) is 17.1. The highest BCUT2D eigenvalue weighted by atomic mass is 32.1. The highest BCUT2D eigenvalue weighted by Gasteiger charge is 2.16. The van der Waals surface area contributed by atoms with Gasteiger partial charge in [0.25, 0.3) is 0 Å². The first-order valence-electron chi connectivity index (χ1n) is 8.05. The van der Waals surface area contributed by atoms with Gasteiger partial charge in [-0.1, -0.05) is 17.4 Å². The molecule has 0 radical (unpaired) electrons. The van der Waals surface area contributed by atoms with Crippen LogP contribution in [0.3, 0.4) is 0 Å². The largest absolute Gasteiger partial charge is 0.497 e. The van der Waals surface area contributed by atoms with E-state index in [9.17, 15) is 4.79 Å². The van der Waals surface area contributed by atoms with E-state index in [0.29, 0.717) is 27.3 Å². The Balaban J connectivity index is 1.80. The maximum absolute atomic E-state index is 11.6. The summed E-state index contributed by atoms with van der Waals surface area (Å²) in [6.45, 7) is 0. The smallest absolute Gasteiger partial charge is 0.412 e. The zero-order chi connectivity index (χ0) is 19.9. The van der Waals surface area contributed by atoms with E-state index in [1.165, 1.54) is 29.8 Å². The molecule has 2 heterocycles. The molecule has 10 heteroatoms. The van der Waals surface area contributed by atoms with Crippen LogP contribution < -0.4 is 20.2 Å². The van der Waals surface area contributed by atoms with Crippen LogP contribution in [0, 0.1) is 0 Å². The Kier molecular flexibility index (Phi) is 6.45. The molecule has 3 aromatic rings. The summed E-state index contributed by atoms with van der Waals surface area (Å²) in [5.41, 5.74) is 4.32. The molecule has 2 N–H and O–H groups in total. The van der Waals surface area contributed by atoms with Crippen LogP contribution >= 0.6 is 22.7 Å². The van der Waals surface area contributed by atoms with Crippen LogP contribution in [-0.2, 0) is 4.74 Å². The highest BCUT2D eigenvalue weighted by Crippen LogP contribution is 2.38. The summed E-state index contributed by atoms with van der Waals surface area (Å²) < 4.78 is 15.2. The fourth-order valence-corrected chi connectivity index (χ4v) is 3.86. The highest BCUT2D eigenvalue weighted by molar-refractivity contribution is 7.21. The number of amides is 1. The number of ether oxygens (including phenoxy) is 3. The van der Waals surface area contributed by atoms with E-state index in [1.807, 2.05) is 29.6 Å². The molecule has 8 nitrogen and oxygen atoms in total. The van der Waals surface area contributed by atoms with Gasteiger partial charge in [-0.15, -0.1) is 11.3 Å². The SMILES string of the molecule is COC(=O)Nc1sc(NN=Cc2ccc(OC)cc2OC)nc1-c1cccs1. The van der Waals surface area contributed by atoms with Crippen LogP contribution in [0.4, 0.5) is 14.9 Å². The number of carbonyl (C=O) groups excluding carboxylic acids is 1. The third-order valence-electron chi connectivity index (χ3n) is 3.59. The predicted octanol–water partition coefficient (Wildman–Crippen LogP) is 4.51. The summed E-state index contributed by atoms with van der Waals surface area (Å²) in [6.07, 6.45) is 1.07. The number of hydrazone groups is 1. The summed E-state index contributed by atoms with van der Waals surface area (Å²) in [5.74, 6) is 1.33. The topological polar surface area (TPSA) is 94.1 Å². The molecule has 0 bridgehead atoms. The minimum absolute atomic E-state index is 0.526. The molecular formula is C18H18N4O4S2. The van der Waals surface area contributed by atoms with Crippen LogP contribution in [0.5, 0.6) is 11.5 Å². The molecule has 0 aliphatic carbocycles. The fourth-order valence-electron chi connectivity index (χ4n) is 2.26. The van der Waals surface area contributed by atoms with Crippen molar-refractivity contribution in [3.8, 4) is 22.1 Å². The molecule has 28 heavy (non-hydrogen) atoms. The zero-order valence-corrected chi connectivity index (χ0v) is 17.0. The second kappa shape index (κ2) is 9.20. The first kappa shape index (κ1) is 19.6. The van der Waals surface area contributed by atoms with Gasteiger partial charge in [-0.25, -0.2) is 9.78 Å². The Hall–Kier alpha value is -3.11. The number of nitrogens with zero attached hydrogens (tertiary/aromatic N) is 2. The van der Waals surface area contributed by atoms with Crippen LogP contribution in [0.1, 0.15) is 5.56 Å². The van der Waals surface area contributed by atoms with Gasteiger partial charge < -0.3 is 14.2 Å². The molecule has 146 valence electrons. The van der Waals surface area contributed by atoms with Crippen LogP contribution in [0.25, 0.3) is 10.6 Å². The van der Waals surface area contributed by atoms with Crippen molar-refractivity contribution in [2.24, 2.45) is 5.10 Å². The van der Waals surface area contributed by atoms with Crippen molar-refractivity contribution in [1.82, 2.24) is 4.98 Å². The van der Waals surface area contributed by atoms with Crippen molar-refractivity contribution in [1.29, 1.82) is 0 Å². The minimum Gasteiger partial charge on any atom is -0.497 e. The zero-order valence-electron chi connectivity index (χ0n) is 15.4. The number of methoxy groups -OCH3 is 3. The molecule has 0 saturated heterocycles. The molecule has 0 aliphatic rings. The Morgan fingerprint density at radius 1 is 1.21 bits per heavy atom. The number of anilines is 2. The average Bonchev–Trinajstić information content (AvgIpc) is 3.38. The normalized spacial score (nSPS) is 10.7. The van der Waals surface area contributed by atoms with Crippen molar-refractivity contribution in [2.75, 3.05) is 32.1 Å². The molecule has 0 atom stereocenters. The van der Waals surface area contributed by atoms with E-state index in [4.69, 9.17) is 9.47 Å². The molecule has 0 fully saturated rings. The Morgan fingerprint density at radius 3 is 2.75 bits per heavy atom. The lowest BCUT2D eigenvalue weighted by Gasteiger charge is -2.06. The lowest BCUT2D eigenvalue weighted by Crippen LogP contribution is -2.10. The Labute approximate surface area is 169 Å². The second-order valence-corrected chi connectivity index (χ2v) is 7.22. The standard InChI is InChI=1S/C18H18N4O4S2/c1-24-12-7-6-11(13(9-12)25-2)10-19-22-17-20-15(14-5-4-8-27-14)16(28-17)21-18(23)26-3/h4-10H,1-3H3,(H,20,22)(H,21,23). The number of rotatable bonds is 7. The van der Waals surface area contributed by atoms with E-state index >= 15 is 0 Å². The number of thiazole rings is 1. The van der Waals surface area contributed by atoms with Gasteiger partial charge in [-0.05, 0) is 23.6 Å². The van der Waals surface area contributed by atoms with E-state index in [-0.39, 0.29) is 0 Å². The molecule has 1 amide bonds. The lowest BCUT2D eigenvalue weighted by atomic mass is 10.2. The van der Waals surface area contributed by atoms with Gasteiger partial charge in [0.2, 0.25) is 5.13 Å². The molecule has 0 spiro atoms. The summed E-state index contributed by atoms with van der Waals surface area (Å²) >= 11 is 2.78. The fraction of sp³-hybridized carbons (Fsp3) is 0.167. The van der Waals surface area contributed by atoms with E-state index in [0.717, 1.165) is 10.4 Å². The van der Waals surface area contributed by atoms with Gasteiger partial charge in [0, 0.05) is 11.6 Å². The van der Waals surface area contributed by atoms with Gasteiger partial charge in [0.05, 0.1) is 32.4 Å². The number of benzene rings is 1. The number of carbonyl (C=O) groups is 1. The molecular weight excluding hydrogens is 400 g/mol. The van der Waals surface area contributed by atoms with E-state index in [1.54, 1.807) is 26.5 Å². The first-order valence-corrected chi connectivity index (χ1v) is 9.75. The van der Waals surface area contributed by atoms with Crippen LogP contribution in [0.2, 0.25) is 0 Å². The lowest BCUT2D eigenvalue weighted by molar-refractivity contribution is 0.187. The van der Waals surface area contributed by atoms with Crippen molar-refractivity contribution >= 4 is 45.1 Å². The molecule has 0 aliphatic heterocycles. The molecule has 0 saturated carbocycles. The van der Waals surface area contributed by atoms with Gasteiger partial charge >= 0.3 is 6.09 Å². The van der Waals surface area contributed by atoms with Crippen molar-refractivity contribution in [3.63, 3.8) is 0 Å². The minimum atomic E-state index is -0.556. The van der Waals surface area contributed by atoms with E-state index in [2.05, 4.69) is 25.6 Å². The monoisotopic (exact) mass is 418 g/mol. The third kappa shape index (κ3) is 4.59. The Morgan fingerprint density at radius 2 is 2.07 bits per heavy atom. The molecule has 2 aromatic heterocycles. The summed E-state index contributed by atoms with van der Waals surface area (Å²) in [5, 5.41) is 9.95. The van der Waals surface area contributed by atoms with Crippen LogP contribution in [-0.4, -0.2) is 38.6 Å². The van der Waals surface area contributed by atoms with Crippen molar-refractivity contribution in [3.05, 3.63) is 41.3 Å². The molecule has 0 unspecified atom stereocenters. The van der Waals surface area contributed by atoms with Gasteiger partial charge in [-0.2, -0.15) is 5.10 Å². The van der Waals surface area contributed by atoms with Crippen molar-refractivity contribution in [2.45, 2.75) is 0 Å². The van der Waals surface area contributed by atoms with Gasteiger partial charge in [0.15, 0.2) is 0 Å². The first-order chi connectivity index (χ1) is 13.6. The molecule has 3 rings (SSSR count). The van der Waals surface area contributed by atoms with Crippen LogP contribution in [0.15, 0.2) is 40.8 Å². The van der Waals surface area contributed by atoms with Gasteiger partial charge in [-0.3, -0.25) is 10.7 Å². The predicted molar refractivity (Wildman–Crippen MR) is 112 cm³/mol. The maximum atomic E-state index is 11.6. The summed E-state index contributed by atoms with van der Waals surface area (Å²) in [6, 6.07) is 9.28. The molecule has 1 aromatic carbocycles. The summed E-state index contributed by atoms with van der Waals surface area (Å²) in [7, 11) is 4.49.